The molecule has 0 bridgehead atoms. The molecule has 0 amide bonds. The highest BCUT2D eigenvalue weighted by molar-refractivity contribution is 5.73. The molecule has 0 aliphatic heterocycles. The van der Waals surface area contributed by atoms with E-state index < -0.39 is 12.1 Å². The molecular weight excluding hydrogens is 283 g/mol. The lowest BCUT2D eigenvalue weighted by Gasteiger charge is -2.02. The van der Waals surface area contributed by atoms with Crippen molar-refractivity contribution in [3.63, 3.8) is 0 Å². The van der Waals surface area contributed by atoms with Crippen molar-refractivity contribution in [3.8, 4) is 17.2 Å². The summed E-state index contributed by atoms with van der Waals surface area (Å²) in [5.41, 5.74) is 2.80. The van der Waals surface area contributed by atoms with Crippen LogP contribution in [0.4, 0.5) is 13.2 Å². The number of benzene rings is 2. The number of nitriles is 1. The van der Waals surface area contributed by atoms with Gasteiger partial charge in [0, 0.05) is 0 Å². The number of carbonyl (C=O) groups is 1. The Kier molecular flexibility index (Phi) is 5.49. The molecule has 2 aromatic rings. The third-order valence-corrected chi connectivity index (χ3v) is 2.37. The van der Waals surface area contributed by atoms with Gasteiger partial charge in [-0.15, -0.1) is 0 Å². The van der Waals surface area contributed by atoms with E-state index in [-0.39, 0.29) is 0 Å². The van der Waals surface area contributed by atoms with Crippen LogP contribution in [0.25, 0.3) is 11.1 Å². The molecule has 0 saturated heterocycles. The molecule has 0 spiro atoms. The maximum atomic E-state index is 10.6. The van der Waals surface area contributed by atoms with Crippen LogP contribution >= 0.6 is 0 Å². The second-order valence-electron chi connectivity index (χ2n) is 3.83. The maximum absolute atomic E-state index is 10.6. The van der Waals surface area contributed by atoms with Gasteiger partial charge in [0.05, 0.1) is 11.6 Å². The van der Waals surface area contributed by atoms with Crippen LogP contribution in [0.2, 0.25) is 0 Å². The summed E-state index contributed by atoms with van der Waals surface area (Å²) < 4.78 is 31.7. The van der Waals surface area contributed by atoms with E-state index in [1.165, 1.54) is 0 Å². The number of hydrogen-bond acceptors (Lipinski definition) is 2. The topological polar surface area (TPSA) is 61.1 Å². The first kappa shape index (κ1) is 16.2. The van der Waals surface area contributed by atoms with Gasteiger partial charge >= 0.3 is 12.1 Å². The summed E-state index contributed by atoms with van der Waals surface area (Å²) in [5, 5.41) is 16.1. The predicted octanol–water partition coefficient (Wildman–Crippen LogP) is 3.86. The molecule has 0 aliphatic rings. The Morgan fingerprint density at radius 1 is 1.00 bits per heavy atom. The minimum atomic E-state index is -5.08. The summed E-state index contributed by atoms with van der Waals surface area (Å²) in [5.74, 6) is -2.76. The Bertz CT molecular complexity index is 646. The first-order valence-electron chi connectivity index (χ1n) is 5.71. The van der Waals surface area contributed by atoms with Gasteiger partial charge in [-0.2, -0.15) is 18.4 Å². The zero-order valence-electron chi connectivity index (χ0n) is 10.6. The molecule has 6 heteroatoms. The fraction of sp³-hybridized carbons (Fsp3) is 0.0667. The van der Waals surface area contributed by atoms with E-state index in [1.54, 1.807) is 0 Å². The number of rotatable bonds is 1. The van der Waals surface area contributed by atoms with Crippen LogP contribution in [0.15, 0.2) is 54.6 Å². The zero-order valence-corrected chi connectivity index (χ0v) is 10.6. The number of alkyl halides is 3. The molecule has 0 unspecified atom stereocenters. The zero-order chi connectivity index (χ0) is 15.9. The van der Waals surface area contributed by atoms with Crippen molar-refractivity contribution < 1.29 is 23.1 Å². The highest BCUT2D eigenvalue weighted by Gasteiger charge is 2.38. The van der Waals surface area contributed by atoms with Crippen molar-refractivity contribution in [2.45, 2.75) is 6.18 Å². The molecule has 21 heavy (non-hydrogen) atoms. The van der Waals surface area contributed by atoms with E-state index in [2.05, 4.69) is 6.07 Å². The van der Waals surface area contributed by atoms with E-state index in [9.17, 15) is 13.2 Å². The Morgan fingerprint density at radius 2 is 1.48 bits per heavy atom. The van der Waals surface area contributed by atoms with Gasteiger partial charge in [-0.1, -0.05) is 48.5 Å². The van der Waals surface area contributed by atoms with Gasteiger partial charge in [0.2, 0.25) is 0 Å². The van der Waals surface area contributed by atoms with E-state index in [4.69, 9.17) is 15.2 Å². The van der Waals surface area contributed by atoms with E-state index in [1.807, 2.05) is 54.6 Å². The lowest BCUT2D eigenvalue weighted by atomic mass is 10.0. The fourth-order valence-corrected chi connectivity index (χ4v) is 1.45. The summed E-state index contributed by atoms with van der Waals surface area (Å²) in [6.45, 7) is 0. The molecule has 0 aromatic heterocycles. The molecular formula is C15H10F3NO2. The van der Waals surface area contributed by atoms with E-state index in [0.29, 0.717) is 0 Å². The molecule has 0 saturated carbocycles. The summed E-state index contributed by atoms with van der Waals surface area (Å²) in [6.07, 6.45) is -5.08. The average molecular weight is 293 g/mol. The monoisotopic (exact) mass is 293 g/mol. The van der Waals surface area contributed by atoms with Gasteiger partial charge in [-0.3, -0.25) is 0 Å². The van der Waals surface area contributed by atoms with E-state index in [0.717, 1.165) is 16.7 Å². The average Bonchev–Trinajstić information content (AvgIpc) is 2.48. The van der Waals surface area contributed by atoms with Gasteiger partial charge in [0.1, 0.15) is 0 Å². The number of nitrogens with zero attached hydrogens (tertiary/aromatic N) is 1. The molecule has 0 heterocycles. The molecule has 0 aliphatic carbocycles. The second-order valence-corrected chi connectivity index (χ2v) is 3.83. The van der Waals surface area contributed by atoms with Gasteiger partial charge < -0.3 is 5.11 Å². The third-order valence-electron chi connectivity index (χ3n) is 2.37. The van der Waals surface area contributed by atoms with Crippen LogP contribution in [-0.4, -0.2) is 17.3 Å². The van der Waals surface area contributed by atoms with Crippen LogP contribution in [0, 0.1) is 11.3 Å². The molecule has 0 radical (unpaired) electrons. The van der Waals surface area contributed by atoms with Gasteiger partial charge in [-0.05, 0) is 17.2 Å². The molecule has 2 aromatic carbocycles. The molecule has 0 fully saturated rings. The van der Waals surface area contributed by atoms with Crippen LogP contribution in [0.5, 0.6) is 0 Å². The first-order chi connectivity index (χ1) is 9.86. The van der Waals surface area contributed by atoms with Crippen LogP contribution < -0.4 is 0 Å². The smallest absolute Gasteiger partial charge is 0.475 e. The standard InChI is InChI=1S/C13H9N.C2HF3O2/c14-10-12-8-4-5-9-13(12)11-6-2-1-3-7-11;3-2(4,5)1(6)7/h1-9H;(H,6,7). The number of carboxylic acids is 1. The predicted molar refractivity (Wildman–Crippen MR) is 70.3 cm³/mol. The van der Waals surface area contributed by atoms with Crippen LogP contribution in [0.3, 0.4) is 0 Å². The number of carboxylic acid groups (broad SMARTS) is 1. The third kappa shape index (κ3) is 4.99. The normalized spacial score (nSPS) is 10.0. The number of halogens is 3. The summed E-state index contributed by atoms with van der Waals surface area (Å²) >= 11 is 0. The number of aliphatic carboxylic acids is 1. The molecule has 3 nitrogen and oxygen atoms in total. The number of hydrogen-bond donors (Lipinski definition) is 1. The fourth-order valence-electron chi connectivity index (χ4n) is 1.45. The molecule has 0 atom stereocenters. The molecule has 1 N–H and O–H groups in total. The lowest BCUT2D eigenvalue weighted by Crippen LogP contribution is -2.21. The summed E-state index contributed by atoms with van der Waals surface area (Å²) in [6, 6.07) is 19.8. The Morgan fingerprint density at radius 3 is 1.95 bits per heavy atom. The minimum Gasteiger partial charge on any atom is -0.475 e. The summed E-state index contributed by atoms with van der Waals surface area (Å²) in [4.78, 5) is 8.90. The first-order valence-corrected chi connectivity index (χ1v) is 5.71. The van der Waals surface area contributed by atoms with Gasteiger partial charge in [0.25, 0.3) is 0 Å². The highest BCUT2D eigenvalue weighted by atomic mass is 19.4. The Hall–Kier alpha value is -2.81. The molecule has 108 valence electrons. The minimum absolute atomic E-state index is 0.721. The quantitative estimate of drug-likeness (QED) is 0.868. The summed E-state index contributed by atoms with van der Waals surface area (Å²) in [7, 11) is 0. The van der Waals surface area contributed by atoms with Gasteiger partial charge in [0.15, 0.2) is 0 Å². The van der Waals surface area contributed by atoms with Crippen molar-refractivity contribution in [1.82, 2.24) is 0 Å². The molecule has 2 rings (SSSR count). The van der Waals surface area contributed by atoms with Crippen molar-refractivity contribution in [1.29, 1.82) is 5.26 Å². The van der Waals surface area contributed by atoms with Gasteiger partial charge in [-0.25, -0.2) is 4.79 Å². The largest absolute Gasteiger partial charge is 0.490 e. The van der Waals surface area contributed by atoms with E-state index >= 15 is 0 Å². The second kappa shape index (κ2) is 7.10. The maximum Gasteiger partial charge on any atom is 0.490 e. The Labute approximate surface area is 118 Å². The SMILES string of the molecule is N#Cc1ccccc1-c1ccccc1.O=C(O)C(F)(F)F. The highest BCUT2D eigenvalue weighted by Crippen LogP contribution is 2.22. The van der Waals surface area contributed by atoms with Crippen molar-refractivity contribution in [2.75, 3.05) is 0 Å². The Balaban J connectivity index is 0.000000270. The van der Waals surface area contributed by atoms with Crippen molar-refractivity contribution >= 4 is 5.97 Å². The van der Waals surface area contributed by atoms with Crippen molar-refractivity contribution in [3.05, 3.63) is 60.2 Å². The lowest BCUT2D eigenvalue weighted by molar-refractivity contribution is -0.192. The van der Waals surface area contributed by atoms with Crippen molar-refractivity contribution in [2.24, 2.45) is 0 Å². The van der Waals surface area contributed by atoms with Crippen LogP contribution in [0.1, 0.15) is 5.56 Å². The van der Waals surface area contributed by atoms with Crippen LogP contribution in [-0.2, 0) is 4.79 Å².